The molecule has 168 valence electrons. The molecule has 10 heteroatoms. The highest BCUT2D eigenvalue weighted by Crippen LogP contribution is 2.32. The maximum Gasteiger partial charge on any atom is 0.259 e. The molecule has 0 unspecified atom stereocenters. The first-order valence-electron chi connectivity index (χ1n) is 10.6. The molecule has 4 aromatic rings. The number of halogens is 1. The zero-order valence-electron chi connectivity index (χ0n) is 17.9. The molecule has 33 heavy (non-hydrogen) atoms. The van der Waals surface area contributed by atoms with Crippen LogP contribution in [0.3, 0.4) is 0 Å². The first-order chi connectivity index (χ1) is 16.1. The quantitative estimate of drug-likeness (QED) is 0.440. The van der Waals surface area contributed by atoms with Gasteiger partial charge in [-0.1, -0.05) is 35.0 Å². The molecule has 0 aliphatic carbocycles. The fourth-order valence-electron chi connectivity index (χ4n) is 3.87. The lowest BCUT2D eigenvalue weighted by Gasteiger charge is -2.31. The van der Waals surface area contributed by atoms with Gasteiger partial charge in [-0.15, -0.1) is 10.2 Å². The summed E-state index contributed by atoms with van der Waals surface area (Å²) in [6.07, 6.45) is 4.79. The third-order valence-electron chi connectivity index (χ3n) is 5.59. The van der Waals surface area contributed by atoms with E-state index in [1.54, 1.807) is 47.1 Å². The summed E-state index contributed by atoms with van der Waals surface area (Å²) < 4.78 is 13.0. The van der Waals surface area contributed by atoms with E-state index >= 15 is 0 Å². The summed E-state index contributed by atoms with van der Waals surface area (Å²) in [7, 11) is 0. The molecule has 4 heterocycles. The molecular formula is C23H21ClN6O3. The van der Waals surface area contributed by atoms with Crippen LogP contribution in [0.15, 0.2) is 59.4 Å². The van der Waals surface area contributed by atoms with Crippen molar-refractivity contribution in [2.75, 3.05) is 13.1 Å². The fourth-order valence-corrected chi connectivity index (χ4v) is 4.09. The number of aryl methyl sites for hydroxylation is 1. The summed E-state index contributed by atoms with van der Waals surface area (Å²) in [5.41, 5.74) is 1.59. The molecule has 1 fully saturated rings. The number of hydrogen-bond acceptors (Lipinski definition) is 7. The Bertz CT molecular complexity index is 1250. The molecule has 1 aliphatic heterocycles. The third kappa shape index (κ3) is 4.31. The lowest BCUT2D eigenvalue weighted by Crippen LogP contribution is -2.42. The van der Waals surface area contributed by atoms with Gasteiger partial charge in [-0.3, -0.25) is 4.79 Å². The van der Waals surface area contributed by atoms with E-state index in [9.17, 15) is 4.79 Å². The Labute approximate surface area is 194 Å². The summed E-state index contributed by atoms with van der Waals surface area (Å²) in [5, 5.41) is 17.1. The van der Waals surface area contributed by atoms with Crippen molar-refractivity contribution in [1.29, 1.82) is 0 Å². The van der Waals surface area contributed by atoms with Crippen LogP contribution < -0.4 is 4.74 Å². The van der Waals surface area contributed by atoms with E-state index in [4.69, 9.17) is 20.9 Å². The third-order valence-corrected chi connectivity index (χ3v) is 5.92. The lowest BCUT2D eigenvalue weighted by molar-refractivity contribution is 0.0585. The molecule has 0 N–H and O–H groups in total. The molecule has 5 rings (SSSR count). The summed E-state index contributed by atoms with van der Waals surface area (Å²) in [4.78, 5) is 15.1. The van der Waals surface area contributed by atoms with Gasteiger partial charge in [0.25, 0.3) is 5.91 Å². The van der Waals surface area contributed by atoms with Gasteiger partial charge < -0.3 is 14.2 Å². The number of aromatic nitrogens is 5. The second-order valence-electron chi connectivity index (χ2n) is 7.73. The Morgan fingerprint density at radius 1 is 1.12 bits per heavy atom. The van der Waals surface area contributed by atoms with Gasteiger partial charge in [-0.05, 0) is 25.1 Å². The van der Waals surface area contributed by atoms with Crippen LogP contribution in [0.4, 0.5) is 0 Å². The van der Waals surface area contributed by atoms with E-state index in [0.717, 1.165) is 0 Å². The van der Waals surface area contributed by atoms with Crippen LogP contribution in [0.1, 0.15) is 29.0 Å². The average Bonchev–Trinajstić information content (AvgIpc) is 3.50. The highest BCUT2D eigenvalue weighted by Gasteiger charge is 2.30. The minimum Gasteiger partial charge on any atom is -0.473 e. The smallest absolute Gasteiger partial charge is 0.259 e. The molecule has 0 radical (unpaired) electrons. The number of rotatable bonds is 5. The van der Waals surface area contributed by atoms with Crippen molar-refractivity contribution in [3.8, 4) is 23.0 Å². The summed E-state index contributed by atoms with van der Waals surface area (Å²) in [5.74, 6) is 1.42. The van der Waals surface area contributed by atoms with Crippen molar-refractivity contribution in [3.05, 3.63) is 71.2 Å². The summed E-state index contributed by atoms with van der Waals surface area (Å²) >= 11 is 6.33. The van der Waals surface area contributed by atoms with Gasteiger partial charge >= 0.3 is 0 Å². The normalized spacial score (nSPS) is 14.4. The zero-order valence-corrected chi connectivity index (χ0v) is 18.6. The monoisotopic (exact) mass is 464 g/mol. The SMILES string of the molecule is Cc1onc(-c2ccccc2Cl)c1C(=O)N1CCC(Oc2ccc(-n3cccn3)nn2)CC1. The van der Waals surface area contributed by atoms with Crippen molar-refractivity contribution in [1.82, 2.24) is 30.0 Å². The minimum absolute atomic E-state index is 0.0505. The van der Waals surface area contributed by atoms with Crippen LogP contribution >= 0.6 is 11.6 Å². The van der Waals surface area contributed by atoms with Crippen molar-refractivity contribution in [2.24, 2.45) is 0 Å². The molecule has 0 saturated carbocycles. The standard InChI is InChI=1S/C23H21ClN6O3/c1-15-21(22(28-33-15)17-5-2-3-6-18(17)24)23(31)29-13-9-16(10-14-29)32-20-8-7-19(26-27-20)30-12-4-11-25-30/h2-8,11-12,16H,9-10,13-14H2,1H3. The van der Waals surface area contributed by atoms with E-state index in [-0.39, 0.29) is 12.0 Å². The maximum absolute atomic E-state index is 13.3. The van der Waals surface area contributed by atoms with E-state index in [1.807, 2.05) is 24.3 Å². The van der Waals surface area contributed by atoms with Crippen LogP contribution in [-0.4, -0.2) is 55.1 Å². The van der Waals surface area contributed by atoms with Crippen LogP contribution in [0.5, 0.6) is 5.88 Å². The predicted octanol–water partition coefficient (Wildman–Crippen LogP) is 3.96. The van der Waals surface area contributed by atoms with Crippen molar-refractivity contribution in [3.63, 3.8) is 0 Å². The van der Waals surface area contributed by atoms with Gasteiger partial charge in [-0.25, -0.2) is 4.68 Å². The van der Waals surface area contributed by atoms with E-state index in [1.165, 1.54) is 0 Å². The minimum atomic E-state index is -0.120. The van der Waals surface area contributed by atoms with Crippen molar-refractivity contribution in [2.45, 2.75) is 25.9 Å². The number of ether oxygens (including phenoxy) is 1. The van der Waals surface area contributed by atoms with Gasteiger partial charge in [0.15, 0.2) is 5.82 Å². The fraction of sp³-hybridized carbons (Fsp3) is 0.261. The molecular weight excluding hydrogens is 444 g/mol. The Kier molecular flexibility index (Phi) is 5.78. The van der Waals surface area contributed by atoms with Crippen LogP contribution in [-0.2, 0) is 0 Å². The van der Waals surface area contributed by atoms with Crippen molar-refractivity contribution < 1.29 is 14.1 Å². The summed E-state index contributed by atoms with van der Waals surface area (Å²) in [6.45, 7) is 2.84. The highest BCUT2D eigenvalue weighted by molar-refractivity contribution is 6.33. The van der Waals surface area contributed by atoms with E-state index in [0.29, 0.717) is 65.2 Å². The molecule has 0 bridgehead atoms. The number of amides is 1. The molecule has 0 atom stereocenters. The van der Waals surface area contributed by atoms with Gasteiger partial charge in [-0.2, -0.15) is 5.10 Å². The zero-order chi connectivity index (χ0) is 22.8. The maximum atomic E-state index is 13.3. The Hall–Kier alpha value is -3.72. The molecule has 1 amide bonds. The topological polar surface area (TPSA) is 99.2 Å². The number of hydrogen-bond donors (Lipinski definition) is 0. The van der Waals surface area contributed by atoms with Gasteiger partial charge in [0.2, 0.25) is 5.88 Å². The van der Waals surface area contributed by atoms with Crippen molar-refractivity contribution >= 4 is 17.5 Å². The summed E-state index contributed by atoms with van der Waals surface area (Å²) in [6, 6.07) is 12.7. The molecule has 1 aliphatic rings. The van der Waals surface area contributed by atoms with Gasteiger partial charge in [0, 0.05) is 50.0 Å². The largest absolute Gasteiger partial charge is 0.473 e. The van der Waals surface area contributed by atoms with Crippen LogP contribution in [0, 0.1) is 6.92 Å². The Morgan fingerprint density at radius 2 is 1.94 bits per heavy atom. The number of carbonyl (C=O) groups is 1. The van der Waals surface area contributed by atoms with Crippen LogP contribution in [0.25, 0.3) is 17.1 Å². The molecule has 0 spiro atoms. The predicted molar refractivity (Wildman–Crippen MR) is 120 cm³/mol. The second-order valence-corrected chi connectivity index (χ2v) is 8.14. The Balaban J connectivity index is 1.23. The average molecular weight is 465 g/mol. The lowest BCUT2D eigenvalue weighted by atomic mass is 10.0. The molecule has 3 aromatic heterocycles. The first kappa shape index (κ1) is 21.1. The van der Waals surface area contributed by atoms with Gasteiger partial charge in [0.1, 0.15) is 23.1 Å². The molecule has 1 aromatic carbocycles. The highest BCUT2D eigenvalue weighted by atomic mass is 35.5. The van der Waals surface area contributed by atoms with E-state index < -0.39 is 0 Å². The number of nitrogens with zero attached hydrogens (tertiary/aromatic N) is 6. The van der Waals surface area contributed by atoms with Crippen LogP contribution in [0.2, 0.25) is 5.02 Å². The number of carbonyl (C=O) groups excluding carboxylic acids is 1. The van der Waals surface area contributed by atoms with E-state index in [2.05, 4.69) is 20.5 Å². The molecule has 1 saturated heterocycles. The number of piperidine rings is 1. The van der Waals surface area contributed by atoms with Gasteiger partial charge in [0.05, 0.1) is 5.02 Å². The number of likely N-dealkylation sites (tertiary alicyclic amines) is 1. The second kappa shape index (κ2) is 9.03. The molecule has 9 nitrogen and oxygen atoms in total. The Morgan fingerprint density at radius 3 is 2.64 bits per heavy atom. The first-order valence-corrected chi connectivity index (χ1v) is 11.0. The number of benzene rings is 1.